The van der Waals surface area contributed by atoms with Crippen molar-refractivity contribution >= 4 is 11.8 Å². The van der Waals surface area contributed by atoms with E-state index in [1.54, 1.807) is 14.2 Å². The van der Waals surface area contributed by atoms with Gasteiger partial charge >= 0.3 is 0 Å². The number of ether oxygens (including phenoxy) is 2. The number of carbonyl (C=O) groups excluding carboxylic acids is 2. The Labute approximate surface area is 255 Å². The van der Waals surface area contributed by atoms with Crippen LogP contribution < -0.4 is 10.6 Å². The predicted molar refractivity (Wildman–Crippen MR) is 169 cm³/mol. The van der Waals surface area contributed by atoms with Crippen molar-refractivity contribution in [2.75, 3.05) is 27.8 Å². The number of likely N-dealkylation sites (N-methyl/N-ethyl adjacent to an activating group) is 1. The van der Waals surface area contributed by atoms with Crippen molar-refractivity contribution in [3.8, 4) is 0 Å². The molecular formula is C34H59N3O5. The molecule has 1 aliphatic rings. The van der Waals surface area contributed by atoms with Crippen molar-refractivity contribution < 1.29 is 24.2 Å². The molecule has 0 aromatic heterocycles. The van der Waals surface area contributed by atoms with Gasteiger partial charge in [0.2, 0.25) is 11.8 Å². The van der Waals surface area contributed by atoms with E-state index in [1.807, 2.05) is 37.9 Å². The number of nitrogens with one attached hydrogen (secondary N) is 2. The van der Waals surface area contributed by atoms with Crippen molar-refractivity contribution in [1.29, 1.82) is 0 Å². The van der Waals surface area contributed by atoms with E-state index >= 15 is 0 Å². The summed E-state index contributed by atoms with van der Waals surface area (Å²) in [7, 11) is 5.18. The second kappa shape index (κ2) is 18.0. The van der Waals surface area contributed by atoms with E-state index in [4.69, 9.17) is 9.47 Å². The van der Waals surface area contributed by atoms with Crippen LogP contribution in [0.1, 0.15) is 110 Å². The third-order valence-electron chi connectivity index (χ3n) is 9.54. The van der Waals surface area contributed by atoms with E-state index in [0.717, 1.165) is 44.1 Å². The number of hydrogen-bond donors (Lipinski definition) is 3. The van der Waals surface area contributed by atoms with Crippen LogP contribution in [-0.4, -0.2) is 80.0 Å². The normalized spacial score (nSPS) is 21.2. The van der Waals surface area contributed by atoms with Gasteiger partial charge in [-0.2, -0.15) is 0 Å². The summed E-state index contributed by atoms with van der Waals surface area (Å²) < 4.78 is 11.7. The summed E-state index contributed by atoms with van der Waals surface area (Å²) >= 11 is 0. The summed E-state index contributed by atoms with van der Waals surface area (Å²) in [5.41, 5.74) is 2.04. The second-order valence-electron chi connectivity index (χ2n) is 12.3. The molecule has 0 radical (unpaired) electrons. The van der Waals surface area contributed by atoms with E-state index in [0.29, 0.717) is 18.4 Å². The summed E-state index contributed by atoms with van der Waals surface area (Å²) in [5.74, 6) is 0.154. The average molecular weight is 590 g/mol. The van der Waals surface area contributed by atoms with Crippen LogP contribution in [0.3, 0.4) is 0 Å². The lowest BCUT2D eigenvalue weighted by molar-refractivity contribution is -0.142. The van der Waals surface area contributed by atoms with Crippen LogP contribution in [-0.2, 0) is 19.1 Å². The largest absolute Gasteiger partial charge is 0.386 e. The lowest BCUT2D eigenvalue weighted by Gasteiger charge is -2.36. The maximum Gasteiger partial charge on any atom is 0.225 e. The van der Waals surface area contributed by atoms with Crippen molar-refractivity contribution in [3.05, 3.63) is 35.4 Å². The molecule has 42 heavy (non-hydrogen) atoms. The summed E-state index contributed by atoms with van der Waals surface area (Å²) in [6, 6.07) is 7.51. The Morgan fingerprint density at radius 2 is 1.76 bits per heavy atom. The Morgan fingerprint density at radius 3 is 2.33 bits per heavy atom. The number of rotatable bonds is 18. The summed E-state index contributed by atoms with van der Waals surface area (Å²) in [5, 5.41) is 17.5. The molecule has 0 bridgehead atoms. The van der Waals surface area contributed by atoms with Crippen LogP contribution in [0, 0.1) is 11.8 Å². The first kappa shape index (κ1) is 36.2. The number of likely N-dealkylation sites (tertiary alicyclic amines) is 1. The molecule has 240 valence electrons. The van der Waals surface area contributed by atoms with Crippen LogP contribution in [0.25, 0.3) is 0 Å². The second-order valence-corrected chi connectivity index (χ2v) is 12.3. The number of aliphatic hydroxyl groups is 1. The van der Waals surface area contributed by atoms with Gasteiger partial charge in [0, 0.05) is 26.8 Å². The molecule has 2 unspecified atom stereocenters. The quantitative estimate of drug-likeness (QED) is 0.218. The SMILES string of the molecule is CCCC(CC)c1cccc([C@H](O)[C@@H](C)NC(=O)[C@H](C)[C@@H](OC)[C@@H]2CCCN2C(=O)C[C@@H](OC)C(NC)[C@@H](C)CC)c1. The van der Waals surface area contributed by atoms with Crippen LogP contribution >= 0.6 is 0 Å². The van der Waals surface area contributed by atoms with E-state index in [-0.39, 0.29) is 36.4 Å². The molecule has 1 aromatic rings. The zero-order valence-electron chi connectivity index (χ0n) is 27.7. The number of benzene rings is 1. The van der Waals surface area contributed by atoms with Crippen LogP contribution in [0.2, 0.25) is 0 Å². The van der Waals surface area contributed by atoms with Crippen LogP contribution in [0.4, 0.5) is 0 Å². The standard InChI is InChI=1S/C34H59N3O5/c1-10-15-25(12-3)26-16-13-17-27(20-26)32(39)24(6)36-34(40)23(5)33(42-9)28-18-14-19-37(28)30(38)21-29(41-8)31(35-7)22(4)11-2/h13,16-17,20,22-25,28-29,31-33,35,39H,10-12,14-15,18-19,21H2,1-9H3,(H,36,40)/t22-,23+,24+,25?,28-,29+,31?,32+,33+/m0/s1. The predicted octanol–water partition coefficient (Wildman–Crippen LogP) is 5.20. The molecule has 1 aromatic carbocycles. The first-order chi connectivity index (χ1) is 20.1. The molecule has 0 saturated carbocycles. The van der Waals surface area contributed by atoms with Gasteiger partial charge < -0.3 is 30.1 Å². The minimum atomic E-state index is -0.831. The van der Waals surface area contributed by atoms with Crippen LogP contribution in [0.5, 0.6) is 0 Å². The fourth-order valence-corrected chi connectivity index (χ4v) is 6.70. The van der Waals surface area contributed by atoms with E-state index in [1.165, 1.54) is 5.56 Å². The lowest BCUT2D eigenvalue weighted by atomic mass is 9.89. The molecule has 8 nitrogen and oxygen atoms in total. The molecule has 0 spiro atoms. The van der Waals surface area contributed by atoms with Gasteiger partial charge in [0.1, 0.15) is 0 Å². The number of amides is 2. The Balaban J connectivity index is 2.10. The van der Waals surface area contributed by atoms with Crippen molar-refractivity contribution in [2.45, 2.75) is 129 Å². The fourth-order valence-electron chi connectivity index (χ4n) is 6.70. The lowest BCUT2D eigenvalue weighted by Crippen LogP contribution is -2.52. The Morgan fingerprint density at radius 1 is 1.07 bits per heavy atom. The third-order valence-corrected chi connectivity index (χ3v) is 9.54. The average Bonchev–Trinajstić information content (AvgIpc) is 3.49. The number of carbonyl (C=O) groups is 2. The maximum atomic E-state index is 13.6. The Hall–Kier alpha value is -2.00. The fraction of sp³-hybridized carbons (Fsp3) is 0.765. The van der Waals surface area contributed by atoms with Gasteiger partial charge in [-0.3, -0.25) is 9.59 Å². The number of aliphatic hydroxyl groups excluding tert-OH is 1. The molecule has 1 fully saturated rings. The molecule has 2 rings (SSSR count). The molecule has 9 atom stereocenters. The molecule has 1 aliphatic heterocycles. The monoisotopic (exact) mass is 589 g/mol. The van der Waals surface area contributed by atoms with Gasteiger partial charge in [-0.05, 0) is 62.6 Å². The Bertz CT molecular complexity index is 959. The zero-order chi connectivity index (χ0) is 31.4. The third kappa shape index (κ3) is 9.25. The van der Waals surface area contributed by atoms with Crippen molar-refractivity contribution in [2.24, 2.45) is 11.8 Å². The molecule has 2 amide bonds. The Kier molecular flexibility index (Phi) is 15.5. The first-order valence-electron chi connectivity index (χ1n) is 16.2. The van der Waals surface area contributed by atoms with Crippen LogP contribution in [0.15, 0.2) is 24.3 Å². The molecular weight excluding hydrogens is 530 g/mol. The van der Waals surface area contributed by atoms with Crippen molar-refractivity contribution in [1.82, 2.24) is 15.5 Å². The van der Waals surface area contributed by atoms with E-state index in [2.05, 4.69) is 50.5 Å². The highest BCUT2D eigenvalue weighted by molar-refractivity contribution is 5.80. The van der Waals surface area contributed by atoms with Gasteiger partial charge in [-0.1, -0.05) is 71.7 Å². The highest BCUT2D eigenvalue weighted by atomic mass is 16.5. The van der Waals surface area contributed by atoms with Gasteiger partial charge in [0.25, 0.3) is 0 Å². The maximum absolute atomic E-state index is 13.6. The molecule has 1 saturated heterocycles. The summed E-state index contributed by atoms with van der Waals surface area (Å²) in [6.45, 7) is 13.0. The highest BCUT2D eigenvalue weighted by Gasteiger charge is 2.41. The highest BCUT2D eigenvalue weighted by Crippen LogP contribution is 2.30. The topological polar surface area (TPSA) is 100 Å². The first-order valence-corrected chi connectivity index (χ1v) is 16.2. The number of hydrogen-bond acceptors (Lipinski definition) is 6. The summed E-state index contributed by atoms with van der Waals surface area (Å²) in [4.78, 5) is 28.9. The number of methoxy groups -OCH3 is 2. The smallest absolute Gasteiger partial charge is 0.225 e. The molecule has 0 aliphatic carbocycles. The van der Waals surface area contributed by atoms with Gasteiger partial charge in [0.05, 0.1) is 42.7 Å². The van der Waals surface area contributed by atoms with Gasteiger partial charge in [-0.15, -0.1) is 0 Å². The van der Waals surface area contributed by atoms with E-state index < -0.39 is 24.2 Å². The minimum Gasteiger partial charge on any atom is -0.386 e. The van der Waals surface area contributed by atoms with Crippen molar-refractivity contribution in [3.63, 3.8) is 0 Å². The molecule has 1 heterocycles. The number of nitrogens with zero attached hydrogens (tertiary/aromatic N) is 1. The molecule has 8 heteroatoms. The van der Waals surface area contributed by atoms with E-state index in [9.17, 15) is 14.7 Å². The van der Waals surface area contributed by atoms with Gasteiger partial charge in [0.15, 0.2) is 0 Å². The van der Waals surface area contributed by atoms with Gasteiger partial charge in [-0.25, -0.2) is 0 Å². The minimum absolute atomic E-state index is 0.0275. The molecule has 3 N–H and O–H groups in total. The summed E-state index contributed by atoms with van der Waals surface area (Å²) in [6.07, 6.45) is 4.65. The zero-order valence-corrected chi connectivity index (χ0v) is 27.7.